The third-order valence-corrected chi connectivity index (χ3v) is 5.55. The summed E-state index contributed by atoms with van der Waals surface area (Å²) in [5.41, 5.74) is 4.03. The first-order chi connectivity index (χ1) is 15.8. The van der Waals surface area contributed by atoms with Crippen molar-refractivity contribution in [3.8, 4) is 23.3 Å². The fourth-order valence-electron chi connectivity index (χ4n) is 4.02. The molecular formula is C30H22O2. The van der Waals surface area contributed by atoms with Gasteiger partial charge in [-0.25, -0.2) is 0 Å². The second kappa shape index (κ2) is 8.49. The second-order valence-corrected chi connectivity index (χ2v) is 7.57. The summed E-state index contributed by atoms with van der Waals surface area (Å²) < 4.78 is 12.4. The van der Waals surface area contributed by atoms with Gasteiger partial charge in [0.05, 0.1) is 12.7 Å². The van der Waals surface area contributed by atoms with Crippen LogP contribution in [0.2, 0.25) is 0 Å². The van der Waals surface area contributed by atoms with Crippen molar-refractivity contribution in [1.82, 2.24) is 0 Å². The number of fused-ring (bicyclic) bond motifs is 1. The van der Waals surface area contributed by atoms with E-state index in [9.17, 15) is 0 Å². The van der Waals surface area contributed by atoms with Crippen molar-refractivity contribution in [3.05, 3.63) is 138 Å². The average molecular weight is 415 g/mol. The van der Waals surface area contributed by atoms with Crippen LogP contribution in [-0.4, -0.2) is 7.11 Å². The number of rotatable bonds is 3. The number of hydrogen-bond donors (Lipinski definition) is 0. The molecule has 5 rings (SSSR count). The fourth-order valence-corrected chi connectivity index (χ4v) is 4.02. The number of benzene rings is 4. The van der Waals surface area contributed by atoms with Gasteiger partial charge >= 0.3 is 0 Å². The molecule has 4 aromatic carbocycles. The van der Waals surface area contributed by atoms with Gasteiger partial charge in [-0.3, -0.25) is 0 Å². The van der Waals surface area contributed by atoms with Crippen LogP contribution in [0.3, 0.4) is 0 Å². The fraction of sp³-hybridized carbons (Fsp3) is 0.0667. The van der Waals surface area contributed by atoms with Crippen LogP contribution in [0.4, 0.5) is 0 Å². The van der Waals surface area contributed by atoms with Gasteiger partial charge in [0.1, 0.15) is 11.5 Å². The highest BCUT2D eigenvalue weighted by Crippen LogP contribution is 2.45. The van der Waals surface area contributed by atoms with Crippen molar-refractivity contribution in [2.75, 3.05) is 7.11 Å². The van der Waals surface area contributed by atoms with E-state index in [1.54, 1.807) is 7.11 Å². The Kier molecular flexibility index (Phi) is 5.24. The number of hydrogen-bond acceptors (Lipinski definition) is 2. The van der Waals surface area contributed by atoms with E-state index < -0.39 is 5.60 Å². The van der Waals surface area contributed by atoms with Gasteiger partial charge in [0.15, 0.2) is 0 Å². The van der Waals surface area contributed by atoms with Crippen molar-refractivity contribution in [2.45, 2.75) is 5.60 Å². The smallest absolute Gasteiger partial charge is 0.218 e. The summed E-state index contributed by atoms with van der Waals surface area (Å²) in [6, 6.07) is 36.4. The molecular weight excluding hydrogens is 392 g/mol. The molecule has 0 bridgehead atoms. The Balaban J connectivity index is 1.79. The van der Waals surface area contributed by atoms with E-state index in [0.717, 1.165) is 39.3 Å². The van der Waals surface area contributed by atoms with Gasteiger partial charge in [-0.2, -0.15) is 0 Å². The Hall–Kier alpha value is -4.22. The van der Waals surface area contributed by atoms with Crippen LogP contribution in [0.15, 0.2) is 115 Å². The normalized spacial score (nSPS) is 16.6. The summed E-state index contributed by atoms with van der Waals surface area (Å²) in [7, 11) is 1.68. The second-order valence-electron chi connectivity index (χ2n) is 7.57. The molecule has 1 unspecified atom stereocenters. The van der Waals surface area contributed by atoms with Gasteiger partial charge in [0.25, 0.3) is 0 Å². The van der Waals surface area contributed by atoms with Crippen molar-refractivity contribution >= 4 is 5.57 Å². The lowest BCUT2D eigenvalue weighted by Crippen LogP contribution is -2.33. The molecule has 2 heteroatoms. The SMILES string of the molecule is COc1ccccc1C1(C#Cc2ccccc2)C=C(c2ccccc2)c2ccccc2O1. The summed E-state index contributed by atoms with van der Waals surface area (Å²) in [6.45, 7) is 0. The number of ether oxygens (including phenoxy) is 2. The molecule has 1 aliphatic rings. The molecule has 1 atom stereocenters. The van der Waals surface area contributed by atoms with Crippen LogP contribution >= 0.6 is 0 Å². The summed E-state index contributed by atoms with van der Waals surface area (Å²) in [5, 5.41) is 0. The third-order valence-electron chi connectivity index (χ3n) is 5.55. The van der Waals surface area contributed by atoms with Gasteiger partial charge in [-0.1, -0.05) is 84.8 Å². The lowest BCUT2D eigenvalue weighted by atomic mass is 9.84. The maximum atomic E-state index is 6.69. The van der Waals surface area contributed by atoms with E-state index in [4.69, 9.17) is 9.47 Å². The molecule has 1 heterocycles. The highest BCUT2D eigenvalue weighted by atomic mass is 16.5. The highest BCUT2D eigenvalue weighted by Gasteiger charge is 2.38. The number of para-hydroxylation sites is 2. The third kappa shape index (κ3) is 3.66. The molecule has 154 valence electrons. The van der Waals surface area contributed by atoms with E-state index >= 15 is 0 Å². The quantitative estimate of drug-likeness (QED) is 0.358. The van der Waals surface area contributed by atoms with E-state index in [1.165, 1.54) is 0 Å². The molecule has 0 radical (unpaired) electrons. The first kappa shape index (κ1) is 19.7. The molecule has 0 spiro atoms. The van der Waals surface area contributed by atoms with E-state index in [-0.39, 0.29) is 0 Å². The molecule has 0 amide bonds. The van der Waals surface area contributed by atoms with Crippen LogP contribution in [-0.2, 0) is 5.60 Å². The van der Waals surface area contributed by atoms with Gasteiger partial charge in [0, 0.05) is 11.1 Å². The molecule has 0 saturated carbocycles. The zero-order valence-electron chi connectivity index (χ0n) is 17.8. The highest BCUT2D eigenvalue weighted by molar-refractivity contribution is 5.86. The lowest BCUT2D eigenvalue weighted by molar-refractivity contribution is 0.175. The minimum atomic E-state index is -1.01. The van der Waals surface area contributed by atoms with Crippen molar-refractivity contribution in [2.24, 2.45) is 0 Å². The predicted molar refractivity (Wildman–Crippen MR) is 129 cm³/mol. The molecule has 2 nitrogen and oxygen atoms in total. The Morgan fingerprint density at radius 1 is 0.719 bits per heavy atom. The first-order valence-corrected chi connectivity index (χ1v) is 10.6. The largest absolute Gasteiger partial charge is 0.496 e. The Bertz CT molecular complexity index is 1330. The van der Waals surface area contributed by atoms with Crippen LogP contribution in [0.5, 0.6) is 11.5 Å². The Morgan fingerprint density at radius 3 is 2.16 bits per heavy atom. The molecule has 0 fully saturated rings. The molecule has 1 aliphatic heterocycles. The zero-order chi connectivity index (χ0) is 21.8. The van der Waals surface area contributed by atoms with Crippen molar-refractivity contribution in [1.29, 1.82) is 0 Å². The van der Waals surface area contributed by atoms with Gasteiger partial charge in [-0.05, 0) is 53.5 Å². The molecule has 0 aromatic heterocycles. The van der Waals surface area contributed by atoms with Crippen molar-refractivity contribution in [3.63, 3.8) is 0 Å². The minimum absolute atomic E-state index is 0.734. The Labute approximate surface area is 188 Å². The number of methoxy groups -OCH3 is 1. The van der Waals surface area contributed by atoms with E-state index in [0.29, 0.717) is 0 Å². The minimum Gasteiger partial charge on any atom is -0.496 e. The predicted octanol–water partition coefficient (Wildman–Crippen LogP) is 6.47. The average Bonchev–Trinajstić information content (AvgIpc) is 2.88. The molecule has 0 saturated heterocycles. The zero-order valence-corrected chi connectivity index (χ0v) is 17.8. The van der Waals surface area contributed by atoms with Gasteiger partial charge < -0.3 is 9.47 Å². The summed E-state index contributed by atoms with van der Waals surface area (Å²) in [5.74, 6) is 8.31. The summed E-state index contributed by atoms with van der Waals surface area (Å²) in [6.07, 6.45) is 2.12. The monoisotopic (exact) mass is 414 g/mol. The van der Waals surface area contributed by atoms with E-state index in [2.05, 4.69) is 48.2 Å². The van der Waals surface area contributed by atoms with E-state index in [1.807, 2.05) is 78.9 Å². The van der Waals surface area contributed by atoms with Crippen LogP contribution in [0.25, 0.3) is 5.57 Å². The Morgan fingerprint density at radius 2 is 1.38 bits per heavy atom. The lowest BCUT2D eigenvalue weighted by Gasteiger charge is -2.34. The standard InChI is InChI=1S/C30H22O2/c1-31-29-19-11-9-17-27(29)30(21-20-23-12-4-2-5-13-23)22-26(24-14-6-3-7-15-24)25-16-8-10-18-28(25)32-30/h2-19,22H,1H3. The van der Waals surface area contributed by atoms with Crippen molar-refractivity contribution < 1.29 is 9.47 Å². The topological polar surface area (TPSA) is 18.5 Å². The van der Waals surface area contributed by atoms with Gasteiger partial charge in [0.2, 0.25) is 5.60 Å². The van der Waals surface area contributed by atoms with Gasteiger partial charge in [-0.15, -0.1) is 0 Å². The summed E-state index contributed by atoms with van der Waals surface area (Å²) >= 11 is 0. The maximum absolute atomic E-state index is 6.69. The van der Waals surface area contributed by atoms with Crippen LogP contribution in [0.1, 0.15) is 22.3 Å². The molecule has 32 heavy (non-hydrogen) atoms. The van der Waals surface area contributed by atoms with Crippen LogP contribution < -0.4 is 9.47 Å². The molecule has 0 N–H and O–H groups in total. The first-order valence-electron chi connectivity index (χ1n) is 10.6. The molecule has 4 aromatic rings. The van der Waals surface area contributed by atoms with Crippen LogP contribution in [0, 0.1) is 11.8 Å². The summed E-state index contributed by atoms with van der Waals surface area (Å²) in [4.78, 5) is 0. The maximum Gasteiger partial charge on any atom is 0.218 e. The molecule has 0 aliphatic carbocycles.